The topological polar surface area (TPSA) is 55.1 Å². The highest BCUT2D eigenvalue weighted by Gasteiger charge is 2.13. The van der Waals surface area contributed by atoms with Crippen LogP contribution in [-0.2, 0) is 6.42 Å². The first-order valence-corrected chi connectivity index (χ1v) is 7.21. The first-order valence-electron chi connectivity index (χ1n) is 5.54. The number of carbonyl (C=O) groups excluding carboxylic acids is 1. The van der Waals surface area contributed by atoms with Crippen LogP contribution in [0.15, 0.2) is 34.1 Å². The largest absolute Gasteiger partial charge is 0.399 e. The van der Waals surface area contributed by atoms with Crippen LogP contribution >= 0.6 is 27.3 Å². The van der Waals surface area contributed by atoms with E-state index >= 15 is 0 Å². The lowest BCUT2D eigenvalue weighted by atomic mass is 10.2. The number of amides is 1. The van der Waals surface area contributed by atoms with E-state index in [9.17, 15) is 4.79 Å². The molecule has 94 valence electrons. The lowest BCUT2D eigenvalue weighted by molar-refractivity contribution is 0.102. The maximum atomic E-state index is 12.1. The van der Waals surface area contributed by atoms with Crippen molar-refractivity contribution in [2.24, 2.45) is 0 Å². The fraction of sp³-hybridized carbons (Fsp3) is 0.154. The van der Waals surface area contributed by atoms with Crippen molar-refractivity contribution in [2.45, 2.75) is 13.3 Å². The van der Waals surface area contributed by atoms with E-state index in [1.165, 1.54) is 11.3 Å². The molecule has 0 aliphatic rings. The highest BCUT2D eigenvalue weighted by molar-refractivity contribution is 9.10. The van der Waals surface area contributed by atoms with Gasteiger partial charge in [0.15, 0.2) is 0 Å². The van der Waals surface area contributed by atoms with Gasteiger partial charge in [-0.05, 0) is 57.6 Å². The predicted molar refractivity (Wildman–Crippen MR) is 80.2 cm³/mol. The molecule has 0 saturated heterocycles. The van der Waals surface area contributed by atoms with Crippen LogP contribution in [0.1, 0.15) is 22.2 Å². The van der Waals surface area contributed by atoms with Crippen LogP contribution in [0.5, 0.6) is 0 Å². The molecule has 0 atom stereocenters. The minimum absolute atomic E-state index is 0.0766. The molecule has 0 bridgehead atoms. The number of halogens is 1. The molecule has 2 aromatic rings. The van der Waals surface area contributed by atoms with Gasteiger partial charge in [-0.15, -0.1) is 11.3 Å². The molecule has 0 radical (unpaired) electrons. The van der Waals surface area contributed by atoms with Gasteiger partial charge in [0.2, 0.25) is 0 Å². The summed E-state index contributed by atoms with van der Waals surface area (Å²) in [6, 6.07) is 7.30. The number of benzene rings is 1. The van der Waals surface area contributed by atoms with Crippen LogP contribution in [-0.4, -0.2) is 5.91 Å². The van der Waals surface area contributed by atoms with Gasteiger partial charge < -0.3 is 11.1 Å². The van der Waals surface area contributed by atoms with Crippen LogP contribution < -0.4 is 11.1 Å². The van der Waals surface area contributed by atoms with Gasteiger partial charge in [-0.25, -0.2) is 0 Å². The number of nitrogens with one attached hydrogen (secondary N) is 1. The van der Waals surface area contributed by atoms with Crippen LogP contribution in [0.4, 0.5) is 11.4 Å². The molecule has 0 spiro atoms. The minimum atomic E-state index is -0.0766. The summed E-state index contributed by atoms with van der Waals surface area (Å²) in [6.07, 6.45) is 0.856. The van der Waals surface area contributed by atoms with Gasteiger partial charge in [-0.1, -0.05) is 6.92 Å². The van der Waals surface area contributed by atoms with E-state index in [4.69, 9.17) is 5.73 Å². The van der Waals surface area contributed by atoms with Gasteiger partial charge in [0.05, 0.1) is 10.6 Å². The van der Waals surface area contributed by atoms with Crippen LogP contribution in [0, 0.1) is 0 Å². The molecule has 1 heterocycles. The summed E-state index contributed by atoms with van der Waals surface area (Å²) in [4.78, 5) is 12.9. The summed E-state index contributed by atoms with van der Waals surface area (Å²) in [7, 11) is 0. The van der Waals surface area contributed by atoms with Crippen molar-refractivity contribution in [3.8, 4) is 0 Å². The zero-order valence-electron chi connectivity index (χ0n) is 9.87. The molecule has 5 heteroatoms. The number of nitrogen functional groups attached to an aromatic ring is 1. The van der Waals surface area contributed by atoms with Gasteiger partial charge >= 0.3 is 0 Å². The molecule has 1 amide bonds. The standard InChI is InChI=1S/C13H13BrN2OS/c1-2-8-5-6-18-12(8)13(17)16-11-4-3-9(15)7-10(11)14/h3-7H,2,15H2,1H3,(H,16,17). The molecule has 0 unspecified atom stereocenters. The average Bonchev–Trinajstić information content (AvgIpc) is 2.81. The van der Waals surface area contributed by atoms with E-state index in [1.807, 2.05) is 18.4 Å². The Morgan fingerprint density at radius 1 is 1.44 bits per heavy atom. The van der Waals surface area contributed by atoms with E-state index in [1.54, 1.807) is 18.2 Å². The number of anilines is 2. The molecule has 3 N–H and O–H groups in total. The van der Waals surface area contributed by atoms with Crippen molar-refractivity contribution >= 4 is 44.5 Å². The molecule has 0 aliphatic heterocycles. The van der Waals surface area contributed by atoms with Crippen molar-refractivity contribution < 1.29 is 4.79 Å². The van der Waals surface area contributed by atoms with E-state index in [2.05, 4.69) is 21.2 Å². The lowest BCUT2D eigenvalue weighted by Crippen LogP contribution is -2.12. The second-order valence-electron chi connectivity index (χ2n) is 3.82. The highest BCUT2D eigenvalue weighted by Crippen LogP contribution is 2.26. The van der Waals surface area contributed by atoms with E-state index < -0.39 is 0 Å². The number of hydrogen-bond acceptors (Lipinski definition) is 3. The molecule has 0 saturated carbocycles. The smallest absolute Gasteiger partial charge is 0.266 e. The van der Waals surface area contributed by atoms with Crippen molar-refractivity contribution in [2.75, 3.05) is 11.1 Å². The van der Waals surface area contributed by atoms with Gasteiger partial charge in [-0.2, -0.15) is 0 Å². The maximum absolute atomic E-state index is 12.1. The predicted octanol–water partition coefficient (Wildman–Crippen LogP) is 3.91. The molecule has 2 rings (SSSR count). The van der Waals surface area contributed by atoms with Crippen LogP contribution in [0.2, 0.25) is 0 Å². The Labute approximate surface area is 118 Å². The third-order valence-corrected chi connectivity index (χ3v) is 4.19. The summed E-state index contributed by atoms with van der Waals surface area (Å²) in [6.45, 7) is 2.04. The molecule has 18 heavy (non-hydrogen) atoms. The van der Waals surface area contributed by atoms with Gasteiger partial charge in [-0.3, -0.25) is 4.79 Å². The number of rotatable bonds is 3. The Kier molecular flexibility index (Phi) is 4.04. The Morgan fingerprint density at radius 2 is 2.22 bits per heavy atom. The fourth-order valence-corrected chi connectivity index (χ4v) is 3.01. The third-order valence-electron chi connectivity index (χ3n) is 2.58. The molecule has 3 nitrogen and oxygen atoms in total. The molecular formula is C13H13BrN2OS. The van der Waals surface area contributed by atoms with E-state index in [0.29, 0.717) is 5.69 Å². The second-order valence-corrected chi connectivity index (χ2v) is 5.59. The highest BCUT2D eigenvalue weighted by atomic mass is 79.9. The van der Waals surface area contributed by atoms with Crippen LogP contribution in [0.3, 0.4) is 0 Å². The van der Waals surface area contributed by atoms with Crippen LogP contribution in [0.25, 0.3) is 0 Å². The van der Waals surface area contributed by atoms with Crippen molar-refractivity contribution in [3.05, 3.63) is 44.6 Å². The minimum Gasteiger partial charge on any atom is -0.399 e. The van der Waals surface area contributed by atoms with E-state index in [0.717, 1.165) is 27.0 Å². The quantitative estimate of drug-likeness (QED) is 0.841. The van der Waals surface area contributed by atoms with E-state index in [-0.39, 0.29) is 5.91 Å². The Bertz CT molecular complexity index is 580. The van der Waals surface area contributed by atoms with Crippen molar-refractivity contribution in [3.63, 3.8) is 0 Å². The number of carbonyl (C=O) groups is 1. The molecule has 0 aliphatic carbocycles. The Hall–Kier alpha value is -1.33. The second kappa shape index (κ2) is 5.54. The number of hydrogen-bond donors (Lipinski definition) is 2. The van der Waals surface area contributed by atoms with Gasteiger partial charge in [0, 0.05) is 10.2 Å². The summed E-state index contributed by atoms with van der Waals surface area (Å²) in [5.74, 6) is -0.0766. The number of thiophene rings is 1. The zero-order chi connectivity index (χ0) is 13.1. The fourth-order valence-electron chi connectivity index (χ4n) is 1.63. The summed E-state index contributed by atoms with van der Waals surface area (Å²) < 4.78 is 0.783. The normalized spacial score (nSPS) is 10.3. The molecule has 1 aromatic carbocycles. The van der Waals surface area contributed by atoms with Crippen molar-refractivity contribution in [1.29, 1.82) is 0 Å². The van der Waals surface area contributed by atoms with Gasteiger partial charge in [0.1, 0.15) is 0 Å². The lowest BCUT2D eigenvalue weighted by Gasteiger charge is -2.08. The summed E-state index contributed by atoms with van der Waals surface area (Å²) in [5, 5.41) is 4.82. The third kappa shape index (κ3) is 2.73. The molecule has 0 fully saturated rings. The number of aryl methyl sites for hydroxylation is 1. The Balaban J connectivity index is 2.21. The molecular weight excluding hydrogens is 312 g/mol. The average molecular weight is 325 g/mol. The Morgan fingerprint density at radius 3 is 2.89 bits per heavy atom. The SMILES string of the molecule is CCc1ccsc1C(=O)Nc1ccc(N)cc1Br. The summed E-state index contributed by atoms with van der Waals surface area (Å²) in [5.41, 5.74) is 8.12. The van der Waals surface area contributed by atoms with Crippen molar-refractivity contribution in [1.82, 2.24) is 0 Å². The van der Waals surface area contributed by atoms with Gasteiger partial charge in [0.25, 0.3) is 5.91 Å². The monoisotopic (exact) mass is 324 g/mol. The zero-order valence-corrected chi connectivity index (χ0v) is 12.3. The first-order chi connectivity index (χ1) is 8.61. The summed E-state index contributed by atoms with van der Waals surface area (Å²) >= 11 is 4.84. The number of nitrogens with two attached hydrogens (primary N) is 1. The maximum Gasteiger partial charge on any atom is 0.266 e. The first kappa shape index (κ1) is 13.1. The molecule has 1 aromatic heterocycles.